The van der Waals surface area contributed by atoms with E-state index in [2.05, 4.69) is 10.3 Å². The minimum Gasteiger partial charge on any atom is -0.481 e. The highest BCUT2D eigenvalue weighted by molar-refractivity contribution is 6.56. The molecule has 6 nitrogen and oxygen atoms in total. The topological polar surface area (TPSA) is 69.7 Å². The lowest BCUT2D eigenvalue weighted by atomic mass is 9.77. The van der Waals surface area contributed by atoms with Crippen molar-refractivity contribution >= 4 is 19.1 Å². The molecule has 1 saturated heterocycles. The number of ether oxygens (including phenoxy) is 1. The molecule has 0 aromatic carbocycles. The van der Waals surface area contributed by atoms with Crippen molar-refractivity contribution in [3.63, 3.8) is 0 Å². The van der Waals surface area contributed by atoms with Crippen molar-refractivity contribution in [1.29, 1.82) is 0 Å². The number of hydrogen-bond acceptors (Lipinski definition) is 5. The summed E-state index contributed by atoms with van der Waals surface area (Å²) >= 11 is 0. The maximum Gasteiger partial charge on any atom is 0.492 e. The Morgan fingerprint density at radius 2 is 1.86 bits per heavy atom. The summed E-state index contributed by atoms with van der Waals surface area (Å²) in [7, 11) is 0.299. The molecule has 1 aliphatic rings. The summed E-state index contributed by atoms with van der Waals surface area (Å²) in [5.74, 6) is -0.796. The molecule has 0 atom stereocenters. The zero-order valence-electron chi connectivity index (χ0n) is 16.7. The molecule has 1 fully saturated rings. The van der Waals surface area contributed by atoms with Crippen molar-refractivity contribution in [2.45, 2.75) is 52.0 Å². The summed E-state index contributed by atoms with van der Waals surface area (Å²) in [5.41, 5.74) is -1.61. The van der Waals surface area contributed by atoms with Crippen molar-refractivity contribution in [2.24, 2.45) is 0 Å². The number of nitrogens with zero attached hydrogens (tertiary/aromatic N) is 1. The van der Waals surface area contributed by atoms with Gasteiger partial charge >= 0.3 is 13.3 Å². The first-order valence-electron chi connectivity index (χ1n) is 8.68. The van der Waals surface area contributed by atoms with Gasteiger partial charge in [0.05, 0.1) is 18.3 Å². The van der Waals surface area contributed by atoms with Crippen molar-refractivity contribution in [3.8, 4) is 5.88 Å². The molecule has 2 heterocycles. The molecular weight excluding hydrogens is 376 g/mol. The number of hydrogen-bond donors (Lipinski definition) is 1. The first-order valence-corrected chi connectivity index (χ1v) is 8.68. The molecule has 0 unspecified atom stereocenters. The van der Waals surface area contributed by atoms with E-state index in [0.29, 0.717) is 5.47 Å². The second-order valence-corrected chi connectivity index (χ2v) is 7.54. The van der Waals surface area contributed by atoms with Crippen molar-refractivity contribution in [2.75, 3.05) is 13.7 Å². The number of alkyl halides is 3. The van der Waals surface area contributed by atoms with Crippen LogP contribution in [0.1, 0.15) is 45.7 Å². The highest BCUT2D eigenvalue weighted by atomic mass is 19.4. The summed E-state index contributed by atoms with van der Waals surface area (Å²) < 4.78 is 56.4. The van der Waals surface area contributed by atoms with Gasteiger partial charge in [-0.25, -0.2) is 4.98 Å². The third-order valence-corrected chi connectivity index (χ3v) is 4.82. The Morgan fingerprint density at radius 1 is 1.29 bits per heavy atom. The smallest absolute Gasteiger partial charge is 0.481 e. The van der Waals surface area contributed by atoms with Crippen LogP contribution in [0.25, 0.3) is 6.08 Å². The van der Waals surface area contributed by atoms with Gasteiger partial charge in [-0.2, -0.15) is 13.2 Å². The van der Waals surface area contributed by atoms with Crippen LogP contribution in [0.3, 0.4) is 0 Å². The summed E-state index contributed by atoms with van der Waals surface area (Å²) in [4.78, 5) is 15.1. The molecule has 10 heteroatoms. The van der Waals surface area contributed by atoms with Gasteiger partial charge in [0.1, 0.15) is 5.56 Å². The number of halogens is 3. The Morgan fingerprint density at radius 3 is 2.32 bits per heavy atom. The molecule has 1 amide bonds. The van der Waals surface area contributed by atoms with E-state index in [1.807, 2.05) is 27.7 Å². The quantitative estimate of drug-likeness (QED) is 0.769. The van der Waals surface area contributed by atoms with Crippen LogP contribution < -0.4 is 10.1 Å². The fourth-order valence-corrected chi connectivity index (χ4v) is 2.55. The molecule has 154 valence electrons. The van der Waals surface area contributed by atoms with Gasteiger partial charge in [-0.15, -0.1) is 0 Å². The number of methoxy groups -OCH3 is 1. The molecule has 1 aromatic rings. The van der Waals surface area contributed by atoms with Gasteiger partial charge in [0.15, 0.2) is 0 Å². The van der Waals surface area contributed by atoms with Crippen LogP contribution in [0.15, 0.2) is 17.7 Å². The Balaban J connectivity index is 2.44. The van der Waals surface area contributed by atoms with E-state index >= 15 is 0 Å². The predicted molar refractivity (Wildman–Crippen MR) is 98.5 cm³/mol. The zero-order valence-corrected chi connectivity index (χ0v) is 16.7. The first-order chi connectivity index (χ1) is 12.8. The number of nitrogens with one attached hydrogen (secondary N) is 1. The first kappa shape index (κ1) is 22.2. The van der Waals surface area contributed by atoms with Gasteiger partial charge in [0, 0.05) is 19.7 Å². The molecular formula is C18H24BF3N2O4. The number of amides is 1. The van der Waals surface area contributed by atoms with Crippen molar-refractivity contribution in [3.05, 3.63) is 28.9 Å². The fraction of sp³-hybridized carbons (Fsp3) is 0.556. The van der Waals surface area contributed by atoms with E-state index in [4.69, 9.17) is 14.0 Å². The highest BCUT2D eigenvalue weighted by Gasteiger charge is 2.52. The van der Waals surface area contributed by atoms with Gasteiger partial charge in [0.25, 0.3) is 0 Å². The van der Waals surface area contributed by atoms with Crippen LogP contribution in [0, 0.1) is 0 Å². The van der Waals surface area contributed by atoms with E-state index < -0.39 is 35.9 Å². The van der Waals surface area contributed by atoms with Gasteiger partial charge in [-0.1, -0.05) is 6.08 Å². The number of aromatic nitrogens is 1. The maximum atomic E-state index is 13.3. The van der Waals surface area contributed by atoms with Crippen molar-refractivity contribution < 1.29 is 32.0 Å². The van der Waals surface area contributed by atoms with Gasteiger partial charge in [0.2, 0.25) is 11.8 Å². The molecule has 1 aromatic heterocycles. The van der Waals surface area contributed by atoms with Crippen LogP contribution in [-0.4, -0.2) is 42.9 Å². The number of rotatable bonds is 5. The Bertz CT molecular complexity index is 763. The predicted octanol–water partition coefficient (Wildman–Crippen LogP) is 3.26. The maximum absolute atomic E-state index is 13.3. The Hall–Kier alpha value is -2.07. The average molecular weight is 400 g/mol. The van der Waals surface area contributed by atoms with E-state index in [1.165, 1.54) is 19.2 Å². The monoisotopic (exact) mass is 400 g/mol. The van der Waals surface area contributed by atoms with Crippen LogP contribution in [0.5, 0.6) is 5.88 Å². The van der Waals surface area contributed by atoms with E-state index in [1.54, 1.807) is 0 Å². The number of carbonyl (C=O) groups is 1. The summed E-state index contributed by atoms with van der Waals surface area (Å²) in [6.07, 6.45) is -1.89. The van der Waals surface area contributed by atoms with Gasteiger partial charge in [-0.05, 0) is 44.8 Å². The SMILES string of the molecule is COc1ncc(C=C(CNC(C)=O)B2OC(C)(C)C(C)(C)O2)cc1C(F)(F)F. The third kappa shape index (κ3) is 4.85. The van der Waals surface area contributed by atoms with Gasteiger partial charge < -0.3 is 19.4 Å². The second-order valence-electron chi connectivity index (χ2n) is 7.54. The van der Waals surface area contributed by atoms with Crippen LogP contribution in [0.4, 0.5) is 13.2 Å². The van der Waals surface area contributed by atoms with Gasteiger partial charge in [-0.3, -0.25) is 4.79 Å². The third-order valence-electron chi connectivity index (χ3n) is 4.82. The van der Waals surface area contributed by atoms with Crippen LogP contribution >= 0.6 is 0 Å². The summed E-state index contributed by atoms with van der Waals surface area (Å²) in [6.45, 7) is 8.84. The molecule has 1 N–H and O–H groups in total. The average Bonchev–Trinajstić information content (AvgIpc) is 2.78. The minimum atomic E-state index is -4.62. The Kier molecular flexibility index (Phi) is 6.15. The van der Waals surface area contributed by atoms with Crippen LogP contribution in [-0.2, 0) is 20.3 Å². The minimum absolute atomic E-state index is 0.0551. The number of pyridine rings is 1. The fourth-order valence-electron chi connectivity index (χ4n) is 2.55. The summed E-state index contributed by atoms with van der Waals surface area (Å²) in [5, 5.41) is 2.63. The molecule has 0 radical (unpaired) electrons. The van der Waals surface area contributed by atoms with E-state index in [-0.39, 0.29) is 18.0 Å². The molecule has 0 aliphatic carbocycles. The molecule has 1 aliphatic heterocycles. The highest BCUT2D eigenvalue weighted by Crippen LogP contribution is 2.39. The number of carbonyl (C=O) groups excluding carboxylic acids is 1. The molecule has 0 saturated carbocycles. The molecule has 2 rings (SSSR count). The largest absolute Gasteiger partial charge is 0.492 e. The standard InChI is InChI=1S/C18H24BF3N2O4/c1-11(25)23-10-13(19-27-16(2,3)17(4,5)28-19)7-12-8-14(18(20,21)22)15(26-6)24-9-12/h7-9H,10H2,1-6H3,(H,23,25). The van der Waals surface area contributed by atoms with E-state index in [9.17, 15) is 18.0 Å². The lowest BCUT2D eigenvalue weighted by Gasteiger charge is -2.32. The molecule has 0 bridgehead atoms. The lowest BCUT2D eigenvalue weighted by molar-refractivity contribution is -0.139. The second kappa shape index (κ2) is 7.75. The Labute approximate surface area is 162 Å². The zero-order chi connectivity index (χ0) is 21.3. The molecule has 28 heavy (non-hydrogen) atoms. The molecule has 0 spiro atoms. The van der Waals surface area contributed by atoms with E-state index in [0.717, 1.165) is 13.2 Å². The van der Waals surface area contributed by atoms with Crippen molar-refractivity contribution in [1.82, 2.24) is 10.3 Å². The van der Waals surface area contributed by atoms with Crippen LogP contribution in [0.2, 0.25) is 0 Å². The normalized spacial score (nSPS) is 18.9. The lowest BCUT2D eigenvalue weighted by Crippen LogP contribution is -2.41. The summed E-state index contributed by atoms with van der Waals surface area (Å²) in [6, 6.07) is 0.935.